The Hall–Kier alpha value is -5.08. The van der Waals surface area contributed by atoms with Crippen LogP contribution in [0.2, 0.25) is 0 Å². The molecule has 0 amide bonds. The van der Waals surface area contributed by atoms with Crippen LogP contribution in [0.25, 0.3) is 10.9 Å². The molecule has 0 bridgehead atoms. The second-order valence-electron chi connectivity index (χ2n) is 11.3. The van der Waals surface area contributed by atoms with Crippen LogP contribution in [0.15, 0.2) is 48.8 Å². The summed E-state index contributed by atoms with van der Waals surface area (Å²) in [6, 6.07) is 15.0. The molecule has 4 aromatic rings. The van der Waals surface area contributed by atoms with Crippen molar-refractivity contribution in [3.8, 4) is 18.2 Å². The third kappa shape index (κ3) is 5.37. The van der Waals surface area contributed by atoms with Crippen LogP contribution in [-0.4, -0.2) is 26.5 Å². The van der Waals surface area contributed by atoms with E-state index in [4.69, 9.17) is 0 Å². The van der Waals surface area contributed by atoms with E-state index in [1.54, 1.807) is 30.5 Å². The number of pyridine rings is 1. The van der Waals surface area contributed by atoms with E-state index in [9.17, 15) is 24.6 Å². The van der Waals surface area contributed by atoms with Gasteiger partial charge in [-0.15, -0.1) is 5.10 Å². The lowest BCUT2D eigenvalue weighted by Gasteiger charge is -2.24. The minimum atomic E-state index is -2.76. The molecule has 0 aliphatic heterocycles. The van der Waals surface area contributed by atoms with E-state index in [2.05, 4.69) is 64.9 Å². The number of hydrogen-bond donors (Lipinski definition) is 2. The third-order valence-corrected chi connectivity index (χ3v) is 7.04. The van der Waals surface area contributed by atoms with E-state index in [0.29, 0.717) is 58.5 Å². The van der Waals surface area contributed by atoms with E-state index in [0.717, 1.165) is 0 Å². The Morgan fingerprint density at radius 1 is 1.07 bits per heavy atom. The number of fused-ring (bicyclic) bond motifs is 1. The minimum Gasteiger partial charge on any atom is -0.383 e. The van der Waals surface area contributed by atoms with Gasteiger partial charge in [0.15, 0.2) is 5.54 Å². The molecule has 41 heavy (non-hydrogen) atoms. The monoisotopic (exact) mass is 551 g/mol. The summed E-state index contributed by atoms with van der Waals surface area (Å²) >= 11 is 0. The summed E-state index contributed by atoms with van der Waals surface area (Å²) < 4.78 is 29.9. The van der Waals surface area contributed by atoms with Gasteiger partial charge in [0.25, 0.3) is 6.43 Å². The standard InChI is InChI=1S/C30H27F2N9/c1-29(2,3)17-37-25-19(13-34)14-36-26-22(25)10-18(12-33)11-23(26)38-27(20-6-4-5-7-21(20)28(31)32)24-15-41(40-39-24)30(16-35)8-9-30/h4-7,10-11,14-15,27-28,38H,8-9,17H2,1-3H3,(H,36,37)/t27-/m0/s1. The molecule has 1 saturated carbocycles. The molecule has 1 aliphatic carbocycles. The van der Waals surface area contributed by atoms with E-state index in [-0.39, 0.29) is 16.5 Å². The average Bonchev–Trinajstić information content (AvgIpc) is 3.61. The summed E-state index contributed by atoms with van der Waals surface area (Å²) in [5.41, 5.74) is 1.51. The summed E-state index contributed by atoms with van der Waals surface area (Å²) in [4.78, 5) is 4.53. The minimum absolute atomic E-state index is 0.103. The fourth-order valence-electron chi connectivity index (χ4n) is 4.67. The van der Waals surface area contributed by atoms with Crippen LogP contribution in [0.3, 0.4) is 0 Å². The first-order valence-electron chi connectivity index (χ1n) is 13.1. The molecule has 9 nitrogen and oxygen atoms in total. The number of anilines is 2. The van der Waals surface area contributed by atoms with Crippen LogP contribution in [-0.2, 0) is 5.54 Å². The second-order valence-corrected chi connectivity index (χ2v) is 11.3. The highest BCUT2D eigenvalue weighted by molar-refractivity contribution is 6.01. The van der Waals surface area contributed by atoms with Crippen LogP contribution < -0.4 is 10.6 Å². The van der Waals surface area contributed by atoms with E-state index >= 15 is 0 Å². The van der Waals surface area contributed by atoms with Crippen molar-refractivity contribution >= 4 is 22.3 Å². The van der Waals surface area contributed by atoms with Crippen molar-refractivity contribution in [2.45, 2.75) is 51.6 Å². The molecule has 2 heterocycles. The van der Waals surface area contributed by atoms with Gasteiger partial charge in [0, 0.05) is 23.7 Å². The quantitative estimate of drug-likeness (QED) is 0.265. The molecule has 1 aliphatic rings. The van der Waals surface area contributed by atoms with Gasteiger partial charge in [0.05, 0.1) is 52.4 Å². The Kier molecular flexibility index (Phi) is 7.02. The number of halogens is 2. The highest BCUT2D eigenvalue weighted by Crippen LogP contribution is 2.43. The first-order valence-corrected chi connectivity index (χ1v) is 13.1. The molecule has 0 spiro atoms. The number of alkyl halides is 2. The summed E-state index contributed by atoms with van der Waals surface area (Å²) in [7, 11) is 0. The number of nitrogens with zero attached hydrogens (tertiary/aromatic N) is 7. The molecule has 2 N–H and O–H groups in total. The van der Waals surface area contributed by atoms with Gasteiger partial charge >= 0.3 is 0 Å². The van der Waals surface area contributed by atoms with Gasteiger partial charge in [-0.25, -0.2) is 13.5 Å². The SMILES string of the molecule is CC(C)(C)CNc1c(C#N)cnc2c(N[C@H](c3cn(C4(C#N)CC4)nn3)c3ccccc3C(F)F)cc(C#N)cc12. The predicted molar refractivity (Wildman–Crippen MR) is 149 cm³/mol. The molecule has 0 radical (unpaired) electrons. The molecule has 0 unspecified atom stereocenters. The van der Waals surface area contributed by atoms with Crippen LogP contribution in [0.5, 0.6) is 0 Å². The number of hydrogen-bond acceptors (Lipinski definition) is 8. The predicted octanol–water partition coefficient (Wildman–Crippen LogP) is 6.18. The van der Waals surface area contributed by atoms with Gasteiger partial charge in [0.2, 0.25) is 0 Å². The number of rotatable bonds is 8. The maximum absolute atomic E-state index is 14.2. The van der Waals surface area contributed by atoms with Crippen molar-refractivity contribution in [3.63, 3.8) is 0 Å². The zero-order valence-electron chi connectivity index (χ0n) is 22.8. The fourth-order valence-corrected chi connectivity index (χ4v) is 4.67. The normalized spacial score (nSPS) is 14.6. The van der Waals surface area contributed by atoms with Gasteiger partial charge in [-0.05, 0) is 36.0 Å². The molecule has 0 saturated heterocycles. The Labute approximate surface area is 236 Å². The number of benzene rings is 2. The summed E-state index contributed by atoms with van der Waals surface area (Å²) in [6.45, 7) is 6.71. The van der Waals surface area contributed by atoms with Crippen LogP contribution in [0, 0.1) is 39.4 Å². The van der Waals surface area contributed by atoms with Crippen molar-refractivity contribution < 1.29 is 8.78 Å². The summed E-state index contributed by atoms with van der Waals surface area (Å²) in [6.07, 6.45) is 1.55. The molecule has 2 aromatic carbocycles. The molecular formula is C30H27F2N9. The lowest BCUT2D eigenvalue weighted by molar-refractivity contribution is 0.150. The number of aromatic nitrogens is 4. The number of nitriles is 3. The number of nitrogens with one attached hydrogen (secondary N) is 2. The first-order chi connectivity index (χ1) is 19.6. The van der Waals surface area contributed by atoms with Gasteiger partial charge in [-0.2, -0.15) is 15.8 Å². The van der Waals surface area contributed by atoms with E-state index in [1.165, 1.54) is 23.0 Å². The molecule has 11 heteroatoms. The van der Waals surface area contributed by atoms with Crippen LogP contribution >= 0.6 is 0 Å². The van der Waals surface area contributed by atoms with Gasteiger partial charge in [-0.1, -0.05) is 50.3 Å². The van der Waals surface area contributed by atoms with Crippen molar-refractivity contribution in [2.24, 2.45) is 5.41 Å². The molecule has 2 aromatic heterocycles. The molecule has 1 atom stereocenters. The third-order valence-electron chi connectivity index (χ3n) is 7.04. The first kappa shape index (κ1) is 27.5. The fraction of sp³-hybridized carbons (Fsp3) is 0.333. The Bertz CT molecular complexity index is 1750. The van der Waals surface area contributed by atoms with E-state index < -0.39 is 18.0 Å². The lowest BCUT2D eigenvalue weighted by Crippen LogP contribution is -2.20. The zero-order valence-corrected chi connectivity index (χ0v) is 22.8. The molecule has 5 rings (SSSR count). The highest BCUT2D eigenvalue weighted by Gasteiger charge is 2.47. The van der Waals surface area contributed by atoms with Gasteiger partial charge in [0.1, 0.15) is 11.8 Å². The zero-order chi connectivity index (χ0) is 29.4. The second kappa shape index (κ2) is 10.5. The van der Waals surface area contributed by atoms with E-state index in [1.807, 2.05) is 0 Å². The average molecular weight is 552 g/mol. The van der Waals surface area contributed by atoms with Crippen molar-refractivity contribution in [1.29, 1.82) is 15.8 Å². The maximum Gasteiger partial charge on any atom is 0.264 e. The highest BCUT2D eigenvalue weighted by atomic mass is 19.3. The topological polar surface area (TPSA) is 139 Å². The maximum atomic E-state index is 14.2. The summed E-state index contributed by atoms with van der Waals surface area (Å²) in [5.74, 6) is 0. The Morgan fingerprint density at radius 3 is 2.41 bits per heavy atom. The summed E-state index contributed by atoms with van der Waals surface area (Å²) in [5, 5.41) is 45.0. The Morgan fingerprint density at radius 2 is 1.80 bits per heavy atom. The van der Waals surface area contributed by atoms with Crippen molar-refractivity contribution in [1.82, 2.24) is 20.0 Å². The smallest absolute Gasteiger partial charge is 0.264 e. The van der Waals surface area contributed by atoms with Gasteiger partial charge < -0.3 is 10.6 Å². The van der Waals surface area contributed by atoms with Crippen LogP contribution in [0.4, 0.5) is 20.2 Å². The van der Waals surface area contributed by atoms with Gasteiger partial charge in [-0.3, -0.25) is 4.98 Å². The Balaban J connectivity index is 1.68. The molecule has 1 fully saturated rings. The van der Waals surface area contributed by atoms with Crippen LogP contribution in [0.1, 0.15) is 74.0 Å². The van der Waals surface area contributed by atoms with Crippen molar-refractivity contribution in [2.75, 3.05) is 17.2 Å². The largest absolute Gasteiger partial charge is 0.383 e. The molecular weight excluding hydrogens is 524 g/mol. The lowest BCUT2D eigenvalue weighted by atomic mass is 9.96. The van der Waals surface area contributed by atoms with Crippen molar-refractivity contribution in [3.05, 3.63) is 76.7 Å². The molecule has 206 valence electrons.